The van der Waals surface area contributed by atoms with Gasteiger partial charge in [-0.15, -0.1) is 0 Å². The lowest BCUT2D eigenvalue weighted by atomic mass is 9.85. The van der Waals surface area contributed by atoms with Crippen LogP contribution in [0.4, 0.5) is 0 Å². The van der Waals surface area contributed by atoms with Crippen LogP contribution in [0, 0.1) is 11.8 Å². The predicted octanol–water partition coefficient (Wildman–Crippen LogP) is 11.2. The van der Waals surface area contributed by atoms with Crippen LogP contribution in [-0.4, -0.2) is 35.0 Å². The van der Waals surface area contributed by atoms with E-state index in [9.17, 15) is 9.59 Å². The summed E-state index contributed by atoms with van der Waals surface area (Å²) in [6, 6.07) is 0. The number of aliphatic hydroxyl groups excluding tert-OH is 2. The number of aliphatic hydroxyl groups is 2. The monoisotopic (exact) mass is 617 g/mol. The number of carbonyl (C=O) groups is 2. The van der Waals surface area contributed by atoms with Crippen molar-refractivity contribution in [2.45, 2.75) is 194 Å². The number of ketones is 2. The van der Waals surface area contributed by atoms with E-state index < -0.39 is 0 Å². The van der Waals surface area contributed by atoms with Crippen LogP contribution in [0.5, 0.6) is 0 Å². The van der Waals surface area contributed by atoms with Gasteiger partial charge < -0.3 is 10.2 Å². The smallest absolute Gasteiger partial charge is 0.155 e. The minimum Gasteiger partial charge on any atom is -0.396 e. The molecule has 2 atom stereocenters. The topological polar surface area (TPSA) is 74.6 Å². The molecule has 44 heavy (non-hydrogen) atoms. The first-order valence-electron chi connectivity index (χ1n) is 19.2. The summed E-state index contributed by atoms with van der Waals surface area (Å²) in [4.78, 5) is 22.9. The second-order valence-electron chi connectivity index (χ2n) is 14.0. The molecule has 0 amide bonds. The molecule has 0 spiro atoms. The van der Waals surface area contributed by atoms with E-state index >= 15 is 0 Å². The molecule has 2 aliphatic carbocycles. The Morgan fingerprint density at radius 1 is 0.455 bits per heavy atom. The molecule has 0 radical (unpaired) electrons. The number of hydrogen-bond donors (Lipinski definition) is 2. The van der Waals surface area contributed by atoms with Crippen molar-refractivity contribution in [1.29, 1.82) is 0 Å². The highest BCUT2D eigenvalue weighted by Gasteiger charge is 2.17. The van der Waals surface area contributed by atoms with Gasteiger partial charge in [-0.05, 0) is 75.4 Å². The van der Waals surface area contributed by atoms with Gasteiger partial charge in [-0.2, -0.15) is 0 Å². The van der Waals surface area contributed by atoms with Gasteiger partial charge in [-0.25, -0.2) is 0 Å². The van der Waals surface area contributed by atoms with Crippen molar-refractivity contribution in [3.8, 4) is 0 Å². The van der Waals surface area contributed by atoms with E-state index in [1.165, 1.54) is 140 Å². The zero-order chi connectivity index (χ0) is 32.1. The highest BCUT2D eigenvalue weighted by Crippen LogP contribution is 2.28. The molecule has 0 aliphatic heterocycles. The fraction of sp³-hybridized carbons (Fsp3) is 0.850. The van der Waals surface area contributed by atoms with Crippen LogP contribution in [0.2, 0.25) is 0 Å². The molecule has 0 aromatic rings. The van der Waals surface area contributed by atoms with Crippen LogP contribution in [0.1, 0.15) is 194 Å². The number of unbranched alkanes of at least 4 members (excludes halogenated alkanes) is 20. The van der Waals surface area contributed by atoms with Crippen molar-refractivity contribution in [2.75, 3.05) is 13.2 Å². The molecule has 0 bridgehead atoms. The van der Waals surface area contributed by atoms with Crippen LogP contribution >= 0.6 is 0 Å². The molecule has 0 aromatic carbocycles. The number of rotatable bonds is 26. The summed E-state index contributed by atoms with van der Waals surface area (Å²) >= 11 is 0. The molecular formula is C40H72O4. The Morgan fingerprint density at radius 2 is 0.705 bits per heavy atom. The van der Waals surface area contributed by atoms with Crippen molar-refractivity contribution in [3.63, 3.8) is 0 Å². The molecule has 2 aliphatic rings. The van der Waals surface area contributed by atoms with Crippen LogP contribution in [0.25, 0.3) is 0 Å². The zero-order valence-electron chi connectivity index (χ0n) is 29.2. The van der Waals surface area contributed by atoms with Crippen molar-refractivity contribution >= 4 is 11.6 Å². The zero-order valence-corrected chi connectivity index (χ0v) is 29.2. The molecule has 0 heterocycles. The Kier molecular flexibility index (Phi) is 27.0. The molecule has 4 heteroatoms. The Bertz CT molecular complexity index is 703. The SMILES string of the molecule is CC1CCC(=O)C=C1CCCCCCCCCCCCCO.CC1CCC(=O)C=C1CCCCCCCCCCCCCO. The Hall–Kier alpha value is -1.26. The maximum Gasteiger partial charge on any atom is 0.155 e. The average molecular weight is 617 g/mol. The first-order valence-corrected chi connectivity index (χ1v) is 19.2. The highest BCUT2D eigenvalue weighted by molar-refractivity contribution is 5.91. The van der Waals surface area contributed by atoms with Gasteiger partial charge in [0.15, 0.2) is 11.6 Å². The lowest BCUT2D eigenvalue weighted by Crippen LogP contribution is -2.11. The Balaban J connectivity index is 0.000000440. The molecule has 256 valence electrons. The summed E-state index contributed by atoms with van der Waals surface area (Å²) in [5.74, 6) is 1.94. The number of carbonyl (C=O) groups excluding carboxylic acids is 2. The highest BCUT2D eigenvalue weighted by atomic mass is 16.3. The fourth-order valence-corrected chi connectivity index (χ4v) is 6.63. The van der Waals surface area contributed by atoms with Gasteiger partial charge in [0.25, 0.3) is 0 Å². The molecule has 2 unspecified atom stereocenters. The van der Waals surface area contributed by atoms with Gasteiger partial charge in [0.2, 0.25) is 0 Å². The van der Waals surface area contributed by atoms with Gasteiger partial charge in [-0.1, -0.05) is 141 Å². The third-order valence-corrected chi connectivity index (χ3v) is 9.85. The molecular weight excluding hydrogens is 544 g/mol. The third-order valence-electron chi connectivity index (χ3n) is 9.85. The van der Waals surface area contributed by atoms with Gasteiger partial charge in [0, 0.05) is 26.1 Å². The van der Waals surface area contributed by atoms with Crippen molar-refractivity contribution < 1.29 is 19.8 Å². The molecule has 0 fully saturated rings. The van der Waals surface area contributed by atoms with Gasteiger partial charge in [0.05, 0.1) is 0 Å². The predicted molar refractivity (Wildman–Crippen MR) is 188 cm³/mol. The minimum atomic E-state index is 0.340. The summed E-state index contributed by atoms with van der Waals surface area (Å²) in [6.45, 7) is 5.23. The average Bonchev–Trinajstić information content (AvgIpc) is 3.02. The van der Waals surface area contributed by atoms with Gasteiger partial charge in [-0.3, -0.25) is 9.59 Å². The van der Waals surface area contributed by atoms with Gasteiger partial charge >= 0.3 is 0 Å². The maximum atomic E-state index is 11.4. The van der Waals surface area contributed by atoms with E-state index in [4.69, 9.17) is 10.2 Å². The summed E-state index contributed by atoms with van der Waals surface area (Å²) in [5, 5.41) is 17.4. The third kappa shape index (κ3) is 23.1. The molecule has 4 nitrogen and oxygen atoms in total. The van der Waals surface area contributed by atoms with Gasteiger partial charge in [0.1, 0.15) is 0 Å². The molecule has 2 rings (SSSR count). The second-order valence-corrected chi connectivity index (χ2v) is 14.0. The summed E-state index contributed by atoms with van der Waals surface area (Å²) < 4.78 is 0. The van der Waals surface area contributed by atoms with E-state index in [1.54, 1.807) is 0 Å². The standard InChI is InChI=1S/2C20H36O2/c2*1-18-14-15-20(22)17-19(18)13-11-9-7-5-3-2-4-6-8-10-12-16-21/h2*17-18,21H,2-16H2,1H3. The molecule has 0 aromatic heterocycles. The minimum absolute atomic E-state index is 0.340. The molecule has 0 saturated carbocycles. The van der Waals surface area contributed by atoms with Crippen molar-refractivity contribution in [1.82, 2.24) is 0 Å². The second kappa shape index (κ2) is 29.2. The van der Waals surface area contributed by atoms with E-state index in [1.807, 2.05) is 12.2 Å². The van der Waals surface area contributed by atoms with E-state index in [2.05, 4.69) is 13.8 Å². The lowest BCUT2D eigenvalue weighted by molar-refractivity contribution is -0.116. The number of hydrogen-bond acceptors (Lipinski definition) is 4. The van der Waals surface area contributed by atoms with Crippen molar-refractivity contribution in [2.24, 2.45) is 11.8 Å². The largest absolute Gasteiger partial charge is 0.396 e. The Morgan fingerprint density at radius 3 is 0.977 bits per heavy atom. The first kappa shape index (κ1) is 40.8. The summed E-state index contributed by atoms with van der Waals surface area (Å²) in [5.41, 5.74) is 2.80. The Labute approximate surface area is 272 Å². The first-order chi connectivity index (χ1) is 21.5. The van der Waals surface area contributed by atoms with Crippen LogP contribution in [0.3, 0.4) is 0 Å². The van der Waals surface area contributed by atoms with E-state index in [0.29, 0.717) is 36.6 Å². The van der Waals surface area contributed by atoms with Crippen LogP contribution < -0.4 is 0 Å². The molecule has 0 saturated heterocycles. The summed E-state index contributed by atoms with van der Waals surface area (Å²) in [7, 11) is 0. The van der Waals surface area contributed by atoms with E-state index in [-0.39, 0.29) is 0 Å². The van der Waals surface area contributed by atoms with E-state index in [0.717, 1.165) is 51.4 Å². The summed E-state index contributed by atoms with van der Waals surface area (Å²) in [6.07, 6.45) is 38.1. The lowest BCUT2D eigenvalue weighted by Gasteiger charge is -2.19. The molecule has 2 N–H and O–H groups in total. The number of allylic oxidation sites excluding steroid dienone is 4. The van der Waals surface area contributed by atoms with Crippen molar-refractivity contribution in [3.05, 3.63) is 23.3 Å². The van der Waals surface area contributed by atoms with Crippen LogP contribution in [0.15, 0.2) is 23.3 Å². The van der Waals surface area contributed by atoms with Crippen LogP contribution in [-0.2, 0) is 9.59 Å². The maximum absolute atomic E-state index is 11.4. The normalized spacial score (nSPS) is 18.5. The fourth-order valence-electron chi connectivity index (χ4n) is 6.63. The quantitative estimate of drug-likeness (QED) is 0.0948.